The number of allylic oxidation sites excluding steroid dienone is 2. The molecule has 9 nitrogen and oxygen atoms in total. The average molecular weight is 627 g/mol. The van der Waals surface area contributed by atoms with Crippen LogP contribution in [-0.2, 0) is 48.1 Å². The van der Waals surface area contributed by atoms with Gasteiger partial charge >= 0.3 is 11.9 Å². The molecule has 1 aliphatic rings. The Hall–Kier alpha value is -4.76. The highest BCUT2D eigenvalue weighted by Crippen LogP contribution is 2.19. The molecule has 3 aromatic rings. The third-order valence-electron chi connectivity index (χ3n) is 7.86. The number of esters is 2. The number of hydrogen-bond donors (Lipinski definition) is 3. The largest absolute Gasteiger partial charge is 0.463 e. The van der Waals surface area contributed by atoms with Crippen LogP contribution >= 0.6 is 0 Å². The molecular weight excluding hydrogens is 584 g/mol. The molecule has 46 heavy (non-hydrogen) atoms. The van der Waals surface area contributed by atoms with Crippen molar-refractivity contribution in [3.63, 3.8) is 0 Å². The molecule has 3 N–H and O–H groups in total. The lowest BCUT2D eigenvalue weighted by molar-refractivity contribution is -0.157. The number of nitrogens with one attached hydrogen (secondary N) is 2. The number of carbonyl (C=O) groups is 4. The van der Waals surface area contributed by atoms with Crippen molar-refractivity contribution in [2.45, 2.75) is 57.2 Å². The summed E-state index contributed by atoms with van der Waals surface area (Å²) in [5.41, 5.74) is 2.71. The fourth-order valence-corrected chi connectivity index (χ4v) is 5.30. The summed E-state index contributed by atoms with van der Waals surface area (Å²) in [6.45, 7) is -0.684. The van der Waals surface area contributed by atoms with Crippen molar-refractivity contribution in [1.82, 2.24) is 10.6 Å². The fraction of sp³-hybridized carbons (Fsp3) is 0.351. The maximum Gasteiger partial charge on any atom is 0.332 e. The normalized spacial score (nSPS) is 19.7. The van der Waals surface area contributed by atoms with Crippen molar-refractivity contribution in [2.24, 2.45) is 11.8 Å². The van der Waals surface area contributed by atoms with E-state index in [1.807, 2.05) is 103 Å². The number of rotatable bonds is 11. The number of ether oxygens (including phenoxy) is 2. The molecule has 0 aliphatic carbocycles. The van der Waals surface area contributed by atoms with E-state index in [9.17, 15) is 24.3 Å². The number of hydrogen-bond acceptors (Lipinski definition) is 7. The predicted octanol–water partition coefficient (Wildman–Crippen LogP) is 4.08. The zero-order valence-electron chi connectivity index (χ0n) is 25.9. The quantitative estimate of drug-likeness (QED) is 0.216. The Balaban J connectivity index is 1.48. The molecule has 0 fully saturated rings. The van der Waals surface area contributed by atoms with E-state index in [4.69, 9.17) is 9.47 Å². The summed E-state index contributed by atoms with van der Waals surface area (Å²) in [5, 5.41) is 15.4. The summed E-state index contributed by atoms with van der Waals surface area (Å²) < 4.78 is 11.1. The van der Waals surface area contributed by atoms with Crippen molar-refractivity contribution < 1.29 is 33.8 Å². The predicted molar refractivity (Wildman–Crippen MR) is 173 cm³/mol. The SMILES string of the molecule is O=C(C[C@H]1CC=CCC[C@H](Cc2ccccc2)C(=O)OC[C@H](C(=O)OCc2ccccc2)NC1=O)N[C@@H](CO)Cc1ccccc1. The third-order valence-corrected chi connectivity index (χ3v) is 7.86. The smallest absolute Gasteiger partial charge is 0.332 e. The van der Waals surface area contributed by atoms with Gasteiger partial charge in [-0.3, -0.25) is 14.4 Å². The molecule has 9 heteroatoms. The van der Waals surface area contributed by atoms with E-state index in [0.29, 0.717) is 25.7 Å². The summed E-state index contributed by atoms with van der Waals surface area (Å²) in [4.78, 5) is 53.1. The number of aliphatic hydroxyl groups is 1. The highest BCUT2D eigenvalue weighted by Gasteiger charge is 2.31. The Morgan fingerprint density at radius 3 is 2.15 bits per heavy atom. The minimum atomic E-state index is -1.27. The summed E-state index contributed by atoms with van der Waals surface area (Å²) in [6, 6.07) is 26.4. The van der Waals surface area contributed by atoms with Crippen molar-refractivity contribution in [3.8, 4) is 0 Å². The summed E-state index contributed by atoms with van der Waals surface area (Å²) >= 11 is 0. The summed E-state index contributed by atoms with van der Waals surface area (Å²) in [6.07, 6.45) is 5.80. The maximum absolute atomic E-state index is 13.6. The molecule has 0 saturated heterocycles. The fourth-order valence-electron chi connectivity index (χ4n) is 5.30. The van der Waals surface area contributed by atoms with Crippen LogP contribution in [0.3, 0.4) is 0 Å². The molecule has 4 rings (SSSR count). The zero-order chi connectivity index (χ0) is 32.6. The first-order chi connectivity index (χ1) is 22.4. The number of carbonyl (C=O) groups excluding carboxylic acids is 4. The Morgan fingerprint density at radius 2 is 1.50 bits per heavy atom. The van der Waals surface area contributed by atoms with Gasteiger partial charge < -0.3 is 25.2 Å². The van der Waals surface area contributed by atoms with E-state index in [-0.39, 0.29) is 26.1 Å². The van der Waals surface area contributed by atoms with Gasteiger partial charge in [0, 0.05) is 6.42 Å². The first-order valence-corrected chi connectivity index (χ1v) is 15.7. The lowest BCUT2D eigenvalue weighted by Gasteiger charge is -2.23. The van der Waals surface area contributed by atoms with Crippen LogP contribution in [0.4, 0.5) is 0 Å². The molecule has 242 valence electrons. The molecule has 1 heterocycles. The molecular formula is C37H42N2O7. The van der Waals surface area contributed by atoms with Crippen LogP contribution in [0.25, 0.3) is 0 Å². The minimum absolute atomic E-state index is 0.0187. The first-order valence-electron chi connectivity index (χ1n) is 15.7. The average Bonchev–Trinajstić information content (AvgIpc) is 3.09. The second-order valence-electron chi connectivity index (χ2n) is 11.5. The van der Waals surface area contributed by atoms with Crippen molar-refractivity contribution in [3.05, 3.63) is 120 Å². The molecule has 2 amide bonds. The van der Waals surface area contributed by atoms with E-state index in [1.165, 1.54) is 0 Å². The van der Waals surface area contributed by atoms with Gasteiger partial charge in [-0.2, -0.15) is 0 Å². The maximum atomic E-state index is 13.6. The number of benzene rings is 3. The molecule has 0 spiro atoms. The van der Waals surface area contributed by atoms with Gasteiger partial charge in [0.15, 0.2) is 6.04 Å². The van der Waals surface area contributed by atoms with E-state index in [1.54, 1.807) is 0 Å². The lowest BCUT2D eigenvalue weighted by atomic mass is 9.94. The van der Waals surface area contributed by atoms with Gasteiger partial charge in [0.2, 0.25) is 11.8 Å². The van der Waals surface area contributed by atoms with Crippen molar-refractivity contribution >= 4 is 23.8 Å². The van der Waals surface area contributed by atoms with Gasteiger partial charge in [-0.05, 0) is 48.8 Å². The molecule has 0 bridgehead atoms. The van der Waals surface area contributed by atoms with E-state index >= 15 is 0 Å². The summed E-state index contributed by atoms with van der Waals surface area (Å²) in [5.74, 6) is -3.41. The van der Waals surface area contributed by atoms with Crippen LogP contribution in [0.1, 0.15) is 42.4 Å². The van der Waals surface area contributed by atoms with Gasteiger partial charge in [0.05, 0.1) is 24.5 Å². The lowest BCUT2D eigenvalue weighted by Crippen LogP contribution is -2.48. The monoisotopic (exact) mass is 626 g/mol. The standard InChI is InChI=1S/C37H42N2O7/c40-24-32(22-28-15-7-2-8-16-28)38-34(41)23-30-19-11-4-12-20-31(21-27-13-5-1-6-14-27)36(43)46-26-33(39-35(30)42)37(44)45-25-29-17-9-3-10-18-29/h1-11,13-18,30-33,40H,12,19-26H2,(H,38,41)(H,39,42)/t30-,31-,32-,33-/m1/s1. The van der Waals surface area contributed by atoms with Gasteiger partial charge in [0.25, 0.3) is 0 Å². The molecule has 3 aromatic carbocycles. The molecule has 0 saturated carbocycles. The van der Waals surface area contributed by atoms with Crippen molar-refractivity contribution in [2.75, 3.05) is 13.2 Å². The Morgan fingerprint density at radius 1 is 0.870 bits per heavy atom. The number of aliphatic hydroxyl groups excluding tert-OH is 1. The van der Waals surface area contributed by atoms with Crippen LogP contribution in [0.15, 0.2) is 103 Å². The highest BCUT2D eigenvalue weighted by atomic mass is 16.6. The van der Waals surface area contributed by atoms with Crippen LogP contribution in [0, 0.1) is 11.8 Å². The second-order valence-corrected chi connectivity index (χ2v) is 11.5. The number of cyclic esters (lactones) is 1. The summed E-state index contributed by atoms with van der Waals surface area (Å²) in [7, 11) is 0. The van der Waals surface area contributed by atoms with Crippen LogP contribution in [0.5, 0.6) is 0 Å². The Kier molecular flexibility index (Phi) is 13.5. The second kappa shape index (κ2) is 18.3. The van der Waals surface area contributed by atoms with Gasteiger partial charge in [-0.15, -0.1) is 0 Å². The molecule has 0 aromatic heterocycles. The van der Waals surface area contributed by atoms with E-state index in [2.05, 4.69) is 10.6 Å². The molecule has 0 unspecified atom stereocenters. The van der Waals surface area contributed by atoms with Crippen molar-refractivity contribution in [1.29, 1.82) is 0 Å². The van der Waals surface area contributed by atoms with Gasteiger partial charge in [0.1, 0.15) is 13.2 Å². The molecule has 4 atom stereocenters. The Labute approximate surface area is 270 Å². The third kappa shape index (κ3) is 11.3. The molecule has 1 aliphatic heterocycles. The zero-order valence-corrected chi connectivity index (χ0v) is 25.9. The van der Waals surface area contributed by atoms with Crippen LogP contribution in [0.2, 0.25) is 0 Å². The molecule has 0 radical (unpaired) electrons. The van der Waals surface area contributed by atoms with Gasteiger partial charge in [-0.25, -0.2) is 4.79 Å². The minimum Gasteiger partial charge on any atom is -0.463 e. The van der Waals surface area contributed by atoms with E-state index in [0.717, 1.165) is 16.7 Å². The first kappa shape index (κ1) is 34.1. The number of amides is 2. The van der Waals surface area contributed by atoms with E-state index < -0.39 is 54.3 Å². The highest BCUT2D eigenvalue weighted by molar-refractivity contribution is 5.89. The van der Waals surface area contributed by atoms with Gasteiger partial charge in [-0.1, -0.05) is 103 Å². The topological polar surface area (TPSA) is 131 Å². The Bertz CT molecular complexity index is 1430. The van der Waals surface area contributed by atoms with Crippen LogP contribution in [-0.4, -0.2) is 54.2 Å². The van der Waals surface area contributed by atoms with Crippen LogP contribution < -0.4 is 10.6 Å².